The number of imidazole rings is 1. The molecule has 0 spiro atoms. The number of alkyl halides is 4. The third kappa shape index (κ3) is 6.38. The zero-order valence-corrected chi connectivity index (χ0v) is 21.4. The number of hydrogen-bond acceptors (Lipinski definition) is 7. The largest absolute Gasteiger partial charge is 0.495 e. The summed E-state index contributed by atoms with van der Waals surface area (Å²) in [7, 11) is -2.05. The summed E-state index contributed by atoms with van der Waals surface area (Å²) < 4.78 is 90.5. The Morgan fingerprint density at radius 2 is 2.11 bits per heavy atom. The first-order chi connectivity index (χ1) is 18.0. The van der Waals surface area contributed by atoms with Gasteiger partial charge in [0.1, 0.15) is 23.3 Å². The van der Waals surface area contributed by atoms with Crippen LogP contribution in [0.1, 0.15) is 23.0 Å². The van der Waals surface area contributed by atoms with Crippen LogP contribution in [0.4, 0.5) is 23.2 Å². The molecule has 1 aromatic carbocycles. The van der Waals surface area contributed by atoms with Crippen LogP contribution < -0.4 is 15.4 Å². The molecular weight excluding hydrogens is 528 g/mol. The monoisotopic (exact) mass is 554 g/mol. The van der Waals surface area contributed by atoms with Crippen LogP contribution in [0, 0.1) is 11.8 Å². The van der Waals surface area contributed by atoms with Crippen molar-refractivity contribution < 1.29 is 35.5 Å². The fourth-order valence-corrected chi connectivity index (χ4v) is 4.80. The van der Waals surface area contributed by atoms with E-state index in [2.05, 4.69) is 27.5 Å². The molecule has 2 aromatic heterocycles. The highest BCUT2D eigenvalue weighted by molar-refractivity contribution is 7.90. The number of nitrogens with one attached hydrogen (secondary N) is 2. The van der Waals surface area contributed by atoms with Crippen LogP contribution in [-0.2, 0) is 21.0 Å². The Bertz CT molecular complexity index is 1480. The zero-order chi connectivity index (χ0) is 27.5. The lowest BCUT2D eigenvalue weighted by Crippen LogP contribution is -2.30. The number of sulfone groups is 1. The van der Waals surface area contributed by atoms with Crippen LogP contribution in [0.2, 0.25) is 0 Å². The van der Waals surface area contributed by atoms with Gasteiger partial charge in [0.05, 0.1) is 55.6 Å². The van der Waals surface area contributed by atoms with Gasteiger partial charge in [-0.3, -0.25) is 0 Å². The molecule has 8 nitrogen and oxygen atoms in total. The molecule has 1 aliphatic rings. The molecule has 2 N–H and O–H groups in total. The Morgan fingerprint density at radius 3 is 2.82 bits per heavy atom. The normalized spacial score (nSPS) is 18.5. The van der Waals surface area contributed by atoms with Crippen molar-refractivity contribution in [2.75, 3.05) is 45.0 Å². The van der Waals surface area contributed by atoms with E-state index in [1.807, 2.05) is 0 Å². The van der Waals surface area contributed by atoms with Crippen molar-refractivity contribution in [2.24, 2.45) is 0 Å². The van der Waals surface area contributed by atoms with Gasteiger partial charge in [0.25, 0.3) is 0 Å². The van der Waals surface area contributed by atoms with Crippen molar-refractivity contribution in [2.45, 2.75) is 29.7 Å². The number of hydrogen-bond donors (Lipinski definition) is 2. The van der Waals surface area contributed by atoms with Crippen LogP contribution in [0.3, 0.4) is 0 Å². The third-order valence-corrected chi connectivity index (χ3v) is 7.02. The first kappa shape index (κ1) is 27.7. The fourth-order valence-electron chi connectivity index (χ4n) is 4.17. The van der Waals surface area contributed by atoms with E-state index < -0.39 is 34.6 Å². The Kier molecular flexibility index (Phi) is 8.15. The number of anilines is 1. The predicted molar refractivity (Wildman–Crippen MR) is 133 cm³/mol. The molecule has 3 aromatic rings. The summed E-state index contributed by atoms with van der Waals surface area (Å²) in [5.74, 6) is 5.73. The minimum atomic E-state index is -4.52. The van der Waals surface area contributed by atoms with Gasteiger partial charge in [-0.1, -0.05) is 12.0 Å². The molecule has 38 heavy (non-hydrogen) atoms. The lowest BCUT2D eigenvalue weighted by Gasteiger charge is -2.20. The highest BCUT2D eigenvalue weighted by Crippen LogP contribution is 2.30. The quantitative estimate of drug-likeness (QED) is 0.357. The molecule has 4 rings (SSSR count). The first-order valence-corrected chi connectivity index (χ1v) is 13.5. The number of rotatable bonds is 6. The Labute approximate surface area is 217 Å². The van der Waals surface area contributed by atoms with Crippen molar-refractivity contribution in [3.63, 3.8) is 0 Å². The topological polar surface area (TPSA) is 94.0 Å². The maximum absolute atomic E-state index is 14.8. The summed E-state index contributed by atoms with van der Waals surface area (Å²) in [5.41, 5.74) is 0.825. The van der Waals surface area contributed by atoms with Gasteiger partial charge in [0.2, 0.25) is 0 Å². The smallest absolute Gasteiger partial charge is 0.394 e. The summed E-state index contributed by atoms with van der Waals surface area (Å²) in [4.78, 5) is 4.45. The minimum Gasteiger partial charge on any atom is -0.495 e. The molecule has 2 atom stereocenters. The highest BCUT2D eigenvalue weighted by atomic mass is 32.2. The average molecular weight is 555 g/mol. The van der Waals surface area contributed by atoms with E-state index in [0.29, 0.717) is 24.4 Å². The second kappa shape index (κ2) is 11.2. The first-order valence-electron chi connectivity index (χ1n) is 11.6. The second-order valence-electron chi connectivity index (χ2n) is 8.67. The molecule has 3 heterocycles. The number of nitrogens with zero attached hydrogens (tertiary/aromatic N) is 2. The highest BCUT2D eigenvalue weighted by Gasteiger charge is 2.33. The maximum Gasteiger partial charge on any atom is 0.394 e. The number of aromatic nitrogens is 2. The van der Waals surface area contributed by atoms with Crippen LogP contribution in [0.25, 0.3) is 5.65 Å². The number of halogens is 4. The van der Waals surface area contributed by atoms with Gasteiger partial charge in [0.15, 0.2) is 9.84 Å². The van der Waals surface area contributed by atoms with Crippen molar-refractivity contribution in [3.8, 4) is 17.6 Å². The minimum absolute atomic E-state index is 0.00877. The Balaban J connectivity index is 1.66. The van der Waals surface area contributed by atoms with Crippen molar-refractivity contribution >= 4 is 21.2 Å². The fraction of sp³-hybridized carbons (Fsp3) is 0.400. The van der Waals surface area contributed by atoms with Crippen LogP contribution in [-0.4, -0.2) is 69.8 Å². The van der Waals surface area contributed by atoms with Gasteiger partial charge in [-0.05, 0) is 24.1 Å². The lowest BCUT2D eigenvalue weighted by atomic mass is 10.0. The summed E-state index contributed by atoms with van der Waals surface area (Å²) in [6, 6.07) is 6.66. The van der Waals surface area contributed by atoms with Gasteiger partial charge in [0, 0.05) is 30.6 Å². The molecule has 0 unspecified atom stereocenters. The molecule has 0 aliphatic carbocycles. The maximum atomic E-state index is 14.8. The molecule has 1 aliphatic heterocycles. The van der Waals surface area contributed by atoms with E-state index in [4.69, 9.17) is 9.47 Å². The summed E-state index contributed by atoms with van der Waals surface area (Å²) in [6.07, 6.45) is -4.67. The van der Waals surface area contributed by atoms with E-state index in [1.165, 1.54) is 35.9 Å². The van der Waals surface area contributed by atoms with E-state index in [-0.39, 0.29) is 40.8 Å². The molecule has 1 saturated heterocycles. The van der Waals surface area contributed by atoms with Gasteiger partial charge >= 0.3 is 6.18 Å². The number of ether oxygens (including phenoxy) is 2. The van der Waals surface area contributed by atoms with Crippen LogP contribution in [0.15, 0.2) is 41.4 Å². The zero-order valence-electron chi connectivity index (χ0n) is 20.6. The molecule has 0 amide bonds. The SMILES string of the molecule is COc1cc(S(C)(=O)=O)ccc1NCC#Cc1nc2c([C@@H]3NCCOC[C@@H]3F)cccn2c1CC(F)(F)F. The standard InChI is InChI=1S/C25H26F4N4O4S/c1-36-22-13-16(38(2,34)35)7-8-20(22)30-9-3-6-19-21(14-25(27,28)29)33-11-4-5-17(24(33)32-19)23-18(26)15-37-12-10-31-23/h4-5,7-8,11,13,18,23,30-31H,9-10,12,14-15H2,1-2H3/t18-,23-/m0/s1. The molecule has 0 bridgehead atoms. The van der Waals surface area contributed by atoms with Crippen LogP contribution in [0.5, 0.6) is 5.75 Å². The van der Waals surface area contributed by atoms with Gasteiger partial charge in [-0.25, -0.2) is 17.8 Å². The molecule has 0 saturated carbocycles. The molecule has 1 fully saturated rings. The van der Waals surface area contributed by atoms with Crippen molar-refractivity contribution in [3.05, 3.63) is 53.5 Å². The number of pyridine rings is 1. The number of benzene rings is 1. The molecular formula is C25H26F4N4O4S. The molecule has 0 radical (unpaired) electrons. The third-order valence-electron chi connectivity index (χ3n) is 5.91. The van der Waals surface area contributed by atoms with Gasteiger partial charge < -0.3 is 24.5 Å². The van der Waals surface area contributed by atoms with E-state index in [0.717, 1.165) is 6.26 Å². The van der Waals surface area contributed by atoms with E-state index >= 15 is 0 Å². The van der Waals surface area contributed by atoms with E-state index in [9.17, 15) is 26.0 Å². The second-order valence-corrected chi connectivity index (χ2v) is 10.7. The Hall–Kier alpha value is -3.34. The van der Waals surface area contributed by atoms with E-state index in [1.54, 1.807) is 12.1 Å². The van der Waals surface area contributed by atoms with Gasteiger partial charge in [-0.15, -0.1) is 0 Å². The number of fused-ring (bicyclic) bond motifs is 1. The molecule has 13 heteroatoms. The van der Waals surface area contributed by atoms with Gasteiger partial charge in [-0.2, -0.15) is 13.2 Å². The Morgan fingerprint density at radius 1 is 1.32 bits per heavy atom. The summed E-state index contributed by atoms with van der Waals surface area (Å²) in [5, 5.41) is 6.01. The predicted octanol–water partition coefficient (Wildman–Crippen LogP) is 3.31. The van der Waals surface area contributed by atoms with Crippen LogP contribution >= 0.6 is 0 Å². The van der Waals surface area contributed by atoms with Crippen molar-refractivity contribution in [1.82, 2.24) is 14.7 Å². The summed E-state index contributed by atoms with van der Waals surface area (Å²) in [6.45, 7) is 0.575. The average Bonchev–Trinajstić information content (AvgIpc) is 3.03. The number of methoxy groups -OCH3 is 1. The summed E-state index contributed by atoms with van der Waals surface area (Å²) >= 11 is 0. The lowest BCUT2D eigenvalue weighted by molar-refractivity contribution is -0.128. The van der Waals surface area contributed by atoms with Crippen molar-refractivity contribution in [1.29, 1.82) is 0 Å². The molecule has 204 valence electrons.